The van der Waals surface area contributed by atoms with E-state index >= 15 is 0 Å². The van der Waals surface area contributed by atoms with Gasteiger partial charge in [-0.3, -0.25) is 4.79 Å². The van der Waals surface area contributed by atoms with Gasteiger partial charge in [-0.25, -0.2) is 0 Å². The van der Waals surface area contributed by atoms with Crippen LogP contribution in [0.25, 0.3) is 0 Å². The van der Waals surface area contributed by atoms with E-state index in [1.54, 1.807) is 0 Å². The average molecular weight is 381 g/mol. The Morgan fingerprint density at radius 2 is 1.81 bits per heavy atom. The summed E-state index contributed by atoms with van der Waals surface area (Å²) in [5, 5.41) is 0.146. The van der Waals surface area contributed by atoms with Crippen molar-refractivity contribution in [2.45, 2.75) is 64.6 Å². The van der Waals surface area contributed by atoms with Crippen LogP contribution in [0, 0.1) is 29.6 Å². The molecule has 1 aromatic rings. The van der Waals surface area contributed by atoms with Crippen molar-refractivity contribution in [3.63, 3.8) is 0 Å². The Morgan fingerprint density at radius 3 is 2.44 bits per heavy atom. The van der Waals surface area contributed by atoms with Gasteiger partial charge in [0.1, 0.15) is 0 Å². The van der Waals surface area contributed by atoms with Gasteiger partial charge in [0, 0.05) is 24.2 Å². The van der Waals surface area contributed by atoms with Crippen LogP contribution in [0.1, 0.15) is 52.0 Å². The van der Waals surface area contributed by atoms with Gasteiger partial charge in [-0.2, -0.15) is 0 Å². The largest absolute Gasteiger partial charge is 0.547 e. The van der Waals surface area contributed by atoms with Crippen molar-refractivity contribution in [3.8, 4) is 11.8 Å². The minimum absolute atomic E-state index is 0.0390. The smallest absolute Gasteiger partial charge is 0.250 e. The van der Waals surface area contributed by atoms with Crippen molar-refractivity contribution in [1.82, 2.24) is 0 Å². The molecule has 0 amide bonds. The van der Waals surface area contributed by atoms with Crippen molar-refractivity contribution in [2.75, 3.05) is 0 Å². The molecule has 2 bridgehead atoms. The lowest BCUT2D eigenvalue weighted by Gasteiger charge is -2.45. The normalized spacial score (nSPS) is 28.4. The highest BCUT2D eigenvalue weighted by molar-refractivity contribution is 6.74. The van der Waals surface area contributed by atoms with E-state index < -0.39 is 8.32 Å². The number of fused-ring (bicyclic) bond motifs is 2. The van der Waals surface area contributed by atoms with Gasteiger partial charge in [-0.05, 0) is 48.0 Å². The second kappa shape index (κ2) is 7.32. The van der Waals surface area contributed by atoms with E-state index in [1.807, 2.05) is 18.2 Å². The lowest BCUT2D eigenvalue weighted by atomic mass is 9.65. The van der Waals surface area contributed by atoms with Gasteiger partial charge in [-0.15, -0.1) is 0 Å². The molecule has 0 radical (unpaired) electrons. The van der Waals surface area contributed by atoms with E-state index in [9.17, 15) is 4.79 Å². The lowest BCUT2D eigenvalue weighted by molar-refractivity contribution is -0.120. The fourth-order valence-electron chi connectivity index (χ4n) is 4.04. The summed E-state index contributed by atoms with van der Waals surface area (Å²) in [5.74, 6) is 7.67. The van der Waals surface area contributed by atoms with Crippen molar-refractivity contribution >= 4 is 14.1 Å². The van der Waals surface area contributed by atoms with Gasteiger partial charge < -0.3 is 4.43 Å². The SMILES string of the molecule is C[C@@H]1[C@@H]2C(=O)C#CCC[C@H]1C(O[Si](C)(C)C(C)(C)C)=C[C@H]2c1ccccc1. The van der Waals surface area contributed by atoms with Gasteiger partial charge >= 0.3 is 0 Å². The maximum absolute atomic E-state index is 12.9. The van der Waals surface area contributed by atoms with Crippen LogP contribution in [-0.4, -0.2) is 14.1 Å². The maximum atomic E-state index is 12.9. The van der Waals surface area contributed by atoms with Crippen LogP contribution >= 0.6 is 0 Å². The summed E-state index contributed by atoms with van der Waals surface area (Å²) in [5.41, 5.74) is 1.18. The first kappa shape index (κ1) is 20.0. The summed E-state index contributed by atoms with van der Waals surface area (Å²) in [6.07, 6.45) is 4.00. The Kier molecular flexibility index (Phi) is 5.41. The highest BCUT2D eigenvalue weighted by Gasteiger charge is 2.46. The molecule has 144 valence electrons. The van der Waals surface area contributed by atoms with Gasteiger partial charge in [0.05, 0.1) is 5.76 Å². The number of rotatable bonds is 3. The fourth-order valence-corrected chi connectivity index (χ4v) is 5.16. The van der Waals surface area contributed by atoms with Gasteiger partial charge in [0.15, 0.2) is 0 Å². The van der Waals surface area contributed by atoms with E-state index in [0.717, 1.165) is 18.6 Å². The summed E-state index contributed by atoms with van der Waals surface area (Å²) in [4.78, 5) is 12.9. The molecule has 0 aliphatic heterocycles. The molecular weight excluding hydrogens is 348 g/mol. The molecule has 1 aromatic carbocycles. The van der Waals surface area contributed by atoms with E-state index in [1.165, 1.54) is 5.56 Å². The van der Waals surface area contributed by atoms with Crippen molar-refractivity contribution in [1.29, 1.82) is 0 Å². The van der Waals surface area contributed by atoms with Crippen LogP contribution in [0.3, 0.4) is 0 Å². The van der Waals surface area contributed by atoms with Crippen LogP contribution in [0.2, 0.25) is 18.1 Å². The number of carbonyl (C=O) groups is 1. The van der Waals surface area contributed by atoms with Gasteiger partial charge in [0.25, 0.3) is 0 Å². The molecule has 2 aliphatic rings. The molecule has 0 N–H and O–H groups in total. The van der Waals surface area contributed by atoms with Crippen LogP contribution in [0.15, 0.2) is 42.2 Å². The number of ketones is 1. The molecule has 27 heavy (non-hydrogen) atoms. The Hall–Kier alpha value is -1.79. The third-order valence-corrected chi connectivity index (χ3v) is 11.1. The molecule has 0 spiro atoms. The summed E-state index contributed by atoms with van der Waals surface area (Å²) in [7, 11) is -1.94. The minimum Gasteiger partial charge on any atom is -0.547 e. The monoisotopic (exact) mass is 380 g/mol. The number of Topliss-reactive ketones (excluding diaryl/α,β-unsaturated/α-hetero) is 1. The third kappa shape index (κ3) is 3.92. The molecule has 2 aliphatic carbocycles. The zero-order chi connectivity index (χ0) is 19.8. The number of benzene rings is 1. The molecule has 3 rings (SSSR count). The number of allylic oxidation sites excluding steroid dienone is 2. The van der Waals surface area contributed by atoms with Crippen molar-refractivity contribution < 1.29 is 9.22 Å². The highest BCUT2D eigenvalue weighted by atomic mass is 28.4. The predicted molar refractivity (Wildman–Crippen MR) is 114 cm³/mol. The standard InChI is InChI=1S/C24H32O2Si/c1-17-19-14-10-11-15-21(25)23(17)20(18-12-8-7-9-13-18)16-22(19)26-27(5,6)24(2,3)4/h7-9,12-13,16-17,19-20,23H,10,14H2,1-6H3/t17-,19+,20-,23-/m0/s1. The molecule has 4 atom stereocenters. The zero-order valence-corrected chi connectivity index (χ0v) is 18.5. The lowest BCUT2D eigenvalue weighted by Crippen LogP contribution is -2.44. The van der Waals surface area contributed by atoms with Crippen molar-refractivity contribution in [3.05, 3.63) is 47.7 Å². The van der Waals surface area contributed by atoms with E-state index in [-0.39, 0.29) is 34.5 Å². The summed E-state index contributed by atoms with van der Waals surface area (Å²) in [6.45, 7) is 13.6. The van der Waals surface area contributed by atoms with E-state index in [2.05, 4.69) is 70.8 Å². The fraction of sp³-hybridized carbons (Fsp3) is 0.542. The number of carbonyl (C=O) groups excluding carboxylic acids is 1. The second-order valence-corrected chi connectivity index (χ2v) is 14.3. The molecule has 0 unspecified atom stereocenters. The van der Waals surface area contributed by atoms with Crippen LogP contribution < -0.4 is 0 Å². The quantitative estimate of drug-likeness (QED) is 0.369. The highest BCUT2D eigenvalue weighted by Crippen LogP contribution is 2.48. The number of hydrogen-bond donors (Lipinski definition) is 0. The first-order chi connectivity index (χ1) is 12.6. The topological polar surface area (TPSA) is 26.3 Å². The Morgan fingerprint density at radius 1 is 1.15 bits per heavy atom. The zero-order valence-electron chi connectivity index (χ0n) is 17.5. The summed E-state index contributed by atoms with van der Waals surface area (Å²) >= 11 is 0. The van der Waals surface area contributed by atoms with Gasteiger partial charge in [0.2, 0.25) is 14.1 Å². The maximum Gasteiger partial charge on any atom is 0.250 e. The summed E-state index contributed by atoms with van der Waals surface area (Å²) in [6, 6.07) is 10.4. The first-order valence-electron chi connectivity index (χ1n) is 10.1. The Balaban J connectivity index is 2.08. The van der Waals surface area contributed by atoms with E-state index in [0.29, 0.717) is 0 Å². The summed E-state index contributed by atoms with van der Waals surface area (Å²) < 4.78 is 6.82. The van der Waals surface area contributed by atoms with Crippen molar-refractivity contribution in [2.24, 2.45) is 17.8 Å². The molecule has 0 fully saturated rings. The van der Waals surface area contributed by atoms with Gasteiger partial charge in [-0.1, -0.05) is 63.9 Å². The number of hydrogen-bond acceptors (Lipinski definition) is 2. The van der Waals surface area contributed by atoms with E-state index in [4.69, 9.17) is 4.43 Å². The van der Waals surface area contributed by atoms with Crippen LogP contribution in [0.4, 0.5) is 0 Å². The minimum atomic E-state index is -1.94. The third-order valence-electron chi connectivity index (χ3n) is 6.76. The molecule has 0 heterocycles. The molecule has 0 saturated carbocycles. The molecule has 0 saturated heterocycles. The van der Waals surface area contributed by atoms with Crippen LogP contribution in [-0.2, 0) is 9.22 Å². The first-order valence-corrected chi connectivity index (χ1v) is 13.0. The Bertz CT molecular complexity index is 789. The Labute approximate surface area is 165 Å². The second-order valence-electron chi connectivity index (χ2n) is 9.56. The average Bonchev–Trinajstić information content (AvgIpc) is 2.58. The molecule has 0 aromatic heterocycles. The molecule has 2 nitrogen and oxygen atoms in total. The van der Waals surface area contributed by atoms with Crippen LogP contribution in [0.5, 0.6) is 0 Å². The predicted octanol–water partition coefficient (Wildman–Crippen LogP) is 5.92. The molecular formula is C24H32O2Si. The molecule has 3 heteroatoms.